The lowest BCUT2D eigenvalue weighted by Gasteiger charge is -2.04. The summed E-state index contributed by atoms with van der Waals surface area (Å²) in [6, 6.07) is 5.51. The average Bonchev–Trinajstić information content (AvgIpc) is 2.28. The van der Waals surface area contributed by atoms with E-state index >= 15 is 0 Å². The van der Waals surface area contributed by atoms with Gasteiger partial charge in [-0.15, -0.1) is 0 Å². The molecule has 0 spiro atoms. The van der Waals surface area contributed by atoms with Crippen LogP contribution >= 0.6 is 0 Å². The van der Waals surface area contributed by atoms with Crippen molar-refractivity contribution in [1.29, 1.82) is 5.26 Å². The minimum atomic E-state index is -0.416. The second-order valence-corrected chi connectivity index (χ2v) is 3.50. The van der Waals surface area contributed by atoms with Gasteiger partial charge >= 0.3 is 0 Å². The van der Waals surface area contributed by atoms with Crippen molar-refractivity contribution < 1.29 is 8.78 Å². The van der Waals surface area contributed by atoms with Crippen LogP contribution in [0.3, 0.4) is 0 Å². The predicted molar refractivity (Wildman–Crippen MR) is 57.8 cm³/mol. The van der Waals surface area contributed by atoms with Crippen LogP contribution in [0, 0.1) is 23.0 Å². The fourth-order valence-corrected chi connectivity index (χ4v) is 1.38. The van der Waals surface area contributed by atoms with Gasteiger partial charge in [0, 0.05) is 6.42 Å². The Bertz CT molecular complexity index is 372. The Morgan fingerprint density at radius 1 is 1.25 bits per heavy atom. The van der Waals surface area contributed by atoms with Crippen LogP contribution in [0.2, 0.25) is 0 Å². The van der Waals surface area contributed by atoms with Crippen LogP contribution in [0.25, 0.3) is 0 Å². The first-order valence-corrected chi connectivity index (χ1v) is 5.25. The monoisotopic (exact) mass is 224 g/mol. The van der Waals surface area contributed by atoms with Crippen LogP contribution in [0.5, 0.6) is 0 Å². The van der Waals surface area contributed by atoms with Gasteiger partial charge in [0.1, 0.15) is 11.6 Å². The van der Waals surface area contributed by atoms with Crippen LogP contribution < -0.4 is 5.32 Å². The molecule has 0 aromatic heterocycles. The minimum absolute atomic E-state index is 0.375. The number of benzene rings is 1. The standard InChI is InChI=1S/C12H14F2N2/c13-11-3-4-12(14)10(9-11)5-8-16-7-2-1-6-15/h3-4,9,16H,1-2,5,7-8H2. The van der Waals surface area contributed by atoms with Gasteiger partial charge in [0.05, 0.1) is 6.07 Å². The molecular formula is C12H14F2N2. The number of hydrogen-bond donors (Lipinski definition) is 1. The van der Waals surface area contributed by atoms with Crippen molar-refractivity contribution in [3.05, 3.63) is 35.4 Å². The molecule has 0 amide bonds. The summed E-state index contributed by atoms with van der Waals surface area (Å²) in [6.45, 7) is 1.32. The SMILES string of the molecule is N#CCCCNCCc1cc(F)ccc1F. The van der Waals surface area contributed by atoms with E-state index < -0.39 is 5.82 Å². The van der Waals surface area contributed by atoms with Crippen molar-refractivity contribution in [1.82, 2.24) is 5.32 Å². The Labute approximate surface area is 93.9 Å². The van der Waals surface area contributed by atoms with Crippen LogP contribution in [-0.2, 0) is 6.42 Å². The quantitative estimate of drug-likeness (QED) is 0.753. The third-order valence-corrected chi connectivity index (χ3v) is 2.22. The summed E-state index contributed by atoms with van der Waals surface area (Å²) in [5, 5.41) is 11.4. The molecule has 0 atom stereocenters. The summed E-state index contributed by atoms with van der Waals surface area (Å²) in [5.41, 5.74) is 0.382. The van der Waals surface area contributed by atoms with E-state index in [1.807, 2.05) is 6.07 Å². The molecule has 0 radical (unpaired) electrons. The van der Waals surface area contributed by atoms with E-state index in [9.17, 15) is 8.78 Å². The van der Waals surface area contributed by atoms with Gasteiger partial charge in [-0.2, -0.15) is 5.26 Å². The van der Waals surface area contributed by atoms with Crippen LogP contribution in [-0.4, -0.2) is 13.1 Å². The highest BCUT2D eigenvalue weighted by Gasteiger charge is 2.02. The van der Waals surface area contributed by atoms with Gasteiger partial charge in [0.15, 0.2) is 0 Å². The summed E-state index contributed by atoms with van der Waals surface area (Å²) >= 11 is 0. The summed E-state index contributed by atoms with van der Waals surface area (Å²) in [5.74, 6) is -0.791. The normalized spacial score (nSPS) is 10.1. The highest BCUT2D eigenvalue weighted by Crippen LogP contribution is 2.09. The van der Waals surface area contributed by atoms with Crippen molar-refractivity contribution >= 4 is 0 Å². The summed E-state index contributed by atoms with van der Waals surface area (Å²) in [4.78, 5) is 0. The third-order valence-electron chi connectivity index (χ3n) is 2.22. The van der Waals surface area contributed by atoms with Crippen molar-refractivity contribution in [2.75, 3.05) is 13.1 Å². The van der Waals surface area contributed by atoms with Gasteiger partial charge in [0.2, 0.25) is 0 Å². The first-order valence-electron chi connectivity index (χ1n) is 5.25. The Morgan fingerprint density at radius 2 is 2.06 bits per heavy atom. The molecule has 4 heteroatoms. The molecule has 1 aromatic rings. The van der Waals surface area contributed by atoms with E-state index in [1.54, 1.807) is 0 Å². The maximum absolute atomic E-state index is 13.2. The molecule has 0 aliphatic carbocycles. The number of rotatable bonds is 6. The van der Waals surface area contributed by atoms with Gasteiger partial charge in [-0.05, 0) is 49.7 Å². The summed E-state index contributed by atoms with van der Waals surface area (Å²) < 4.78 is 26.0. The molecule has 0 aliphatic heterocycles. The largest absolute Gasteiger partial charge is 0.316 e. The van der Waals surface area contributed by atoms with Gasteiger partial charge in [-0.25, -0.2) is 8.78 Å². The average molecular weight is 224 g/mol. The Balaban J connectivity index is 2.27. The smallest absolute Gasteiger partial charge is 0.126 e. The maximum atomic E-state index is 13.2. The molecular weight excluding hydrogens is 210 g/mol. The second-order valence-electron chi connectivity index (χ2n) is 3.50. The zero-order chi connectivity index (χ0) is 11.8. The van der Waals surface area contributed by atoms with Crippen molar-refractivity contribution in [3.63, 3.8) is 0 Å². The van der Waals surface area contributed by atoms with Gasteiger partial charge < -0.3 is 5.32 Å². The van der Waals surface area contributed by atoms with Crippen molar-refractivity contribution in [3.8, 4) is 6.07 Å². The molecule has 0 saturated carbocycles. The minimum Gasteiger partial charge on any atom is -0.316 e. The van der Waals surface area contributed by atoms with E-state index in [0.717, 1.165) is 25.1 Å². The number of halogens is 2. The maximum Gasteiger partial charge on any atom is 0.126 e. The molecule has 86 valence electrons. The fraction of sp³-hybridized carbons (Fsp3) is 0.417. The number of unbranched alkanes of at least 4 members (excludes halogenated alkanes) is 1. The van der Waals surface area contributed by atoms with Gasteiger partial charge in [0.25, 0.3) is 0 Å². The third kappa shape index (κ3) is 4.37. The number of nitrogens with zero attached hydrogens (tertiary/aromatic N) is 1. The van der Waals surface area contributed by atoms with Crippen molar-refractivity contribution in [2.24, 2.45) is 0 Å². The van der Waals surface area contributed by atoms with Crippen LogP contribution in [0.1, 0.15) is 18.4 Å². The van der Waals surface area contributed by atoms with Gasteiger partial charge in [-0.1, -0.05) is 0 Å². The predicted octanol–water partition coefficient (Wildman–Crippen LogP) is 2.40. The molecule has 0 heterocycles. The van der Waals surface area contributed by atoms with Crippen molar-refractivity contribution in [2.45, 2.75) is 19.3 Å². The Morgan fingerprint density at radius 3 is 2.81 bits per heavy atom. The lowest BCUT2D eigenvalue weighted by atomic mass is 10.1. The molecule has 0 aliphatic rings. The molecule has 1 aromatic carbocycles. The molecule has 1 N–H and O–H groups in total. The van der Waals surface area contributed by atoms with Gasteiger partial charge in [-0.3, -0.25) is 0 Å². The number of nitrogens with one attached hydrogen (secondary N) is 1. The summed E-state index contributed by atoms with van der Waals surface area (Å²) in [7, 11) is 0. The van der Waals surface area contributed by atoms with E-state index in [2.05, 4.69) is 5.32 Å². The number of hydrogen-bond acceptors (Lipinski definition) is 2. The van der Waals surface area contributed by atoms with E-state index in [-0.39, 0.29) is 5.82 Å². The first-order chi connectivity index (χ1) is 7.74. The lowest BCUT2D eigenvalue weighted by Crippen LogP contribution is -2.18. The molecule has 0 bridgehead atoms. The molecule has 16 heavy (non-hydrogen) atoms. The molecule has 0 saturated heterocycles. The highest BCUT2D eigenvalue weighted by atomic mass is 19.1. The zero-order valence-electron chi connectivity index (χ0n) is 8.97. The van der Waals surface area contributed by atoms with E-state index in [4.69, 9.17) is 5.26 Å². The Hall–Kier alpha value is -1.47. The fourth-order valence-electron chi connectivity index (χ4n) is 1.38. The molecule has 0 fully saturated rings. The topological polar surface area (TPSA) is 35.8 Å². The van der Waals surface area contributed by atoms with Crippen LogP contribution in [0.15, 0.2) is 18.2 Å². The molecule has 0 unspecified atom stereocenters. The first kappa shape index (κ1) is 12.6. The highest BCUT2D eigenvalue weighted by molar-refractivity contribution is 5.18. The van der Waals surface area contributed by atoms with Crippen LogP contribution in [0.4, 0.5) is 8.78 Å². The number of nitriles is 1. The summed E-state index contributed by atoms with van der Waals surface area (Å²) in [6.07, 6.45) is 1.75. The zero-order valence-corrected chi connectivity index (χ0v) is 8.97. The second kappa shape index (κ2) is 6.91. The van der Waals surface area contributed by atoms with E-state index in [1.165, 1.54) is 6.07 Å². The van der Waals surface area contributed by atoms with E-state index in [0.29, 0.717) is 24.9 Å². The lowest BCUT2D eigenvalue weighted by molar-refractivity contribution is 0.575. The molecule has 1 rings (SSSR count). The Kier molecular flexibility index (Phi) is 5.44. The molecule has 2 nitrogen and oxygen atoms in total.